The van der Waals surface area contributed by atoms with Crippen molar-refractivity contribution >= 4 is 0 Å². The second kappa shape index (κ2) is 5.13. The first-order valence-electron chi connectivity index (χ1n) is 6.11. The van der Waals surface area contributed by atoms with Crippen LogP contribution in [0.4, 0.5) is 4.39 Å². The fraction of sp³-hybridized carbons (Fsp3) is 0.0667. The van der Waals surface area contributed by atoms with Crippen LogP contribution in [0.2, 0.25) is 0 Å². The Kier molecular flexibility index (Phi) is 3.16. The van der Waals surface area contributed by atoms with Crippen molar-refractivity contribution in [2.45, 2.75) is 6.92 Å². The van der Waals surface area contributed by atoms with Crippen molar-refractivity contribution in [3.8, 4) is 22.9 Å². The van der Waals surface area contributed by atoms with Crippen LogP contribution in [-0.2, 0) is 0 Å². The van der Waals surface area contributed by atoms with Gasteiger partial charge in [0.15, 0.2) is 5.82 Å². The van der Waals surface area contributed by atoms with Crippen molar-refractivity contribution in [2.24, 2.45) is 0 Å². The molecule has 0 bridgehead atoms. The highest BCUT2D eigenvalue weighted by molar-refractivity contribution is 5.61. The topological polar surface area (TPSA) is 51.6 Å². The van der Waals surface area contributed by atoms with Crippen LogP contribution in [0.5, 0.6) is 0 Å². The first kappa shape index (κ1) is 12.3. The second-order valence-electron chi connectivity index (χ2n) is 4.34. The Morgan fingerprint density at radius 2 is 1.60 bits per heavy atom. The average molecular weight is 266 g/mol. The fourth-order valence-corrected chi connectivity index (χ4v) is 1.80. The largest absolute Gasteiger partial charge is 0.234 e. The second-order valence-corrected chi connectivity index (χ2v) is 4.34. The number of hydrogen-bond acceptors (Lipinski definition) is 4. The molecule has 5 heteroatoms. The maximum atomic E-state index is 13.7. The molecule has 3 rings (SSSR count). The van der Waals surface area contributed by atoms with Gasteiger partial charge in [-0.1, -0.05) is 29.8 Å². The lowest BCUT2D eigenvalue weighted by atomic mass is 10.1. The molecule has 0 saturated heterocycles. The molecule has 3 aromatic rings. The Morgan fingerprint density at radius 3 is 2.30 bits per heavy atom. The molecule has 0 N–H and O–H groups in total. The quantitative estimate of drug-likeness (QED) is 0.669. The van der Waals surface area contributed by atoms with Gasteiger partial charge in [0, 0.05) is 24.0 Å². The average Bonchev–Trinajstić information content (AvgIpc) is 2.48. The zero-order valence-electron chi connectivity index (χ0n) is 10.8. The predicted molar refractivity (Wildman–Crippen MR) is 73.2 cm³/mol. The van der Waals surface area contributed by atoms with Gasteiger partial charge in [-0.15, -0.1) is 0 Å². The summed E-state index contributed by atoms with van der Waals surface area (Å²) in [4.78, 5) is 16.1. The summed E-state index contributed by atoms with van der Waals surface area (Å²) in [6.07, 6.45) is 3.14. The number of hydrogen-bond donors (Lipinski definition) is 0. The van der Waals surface area contributed by atoms with E-state index in [0.29, 0.717) is 11.5 Å². The van der Waals surface area contributed by atoms with Gasteiger partial charge < -0.3 is 0 Å². The van der Waals surface area contributed by atoms with E-state index in [2.05, 4.69) is 19.9 Å². The van der Waals surface area contributed by atoms with Crippen molar-refractivity contribution in [3.63, 3.8) is 0 Å². The van der Waals surface area contributed by atoms with Crippen molar-refractivity contribution in [3.05, 3.63) is 60.3 Å². The summed E-state index contributed by atoms with van der Waals surface area (Å²) in [6, 6.07) is 10.7. The molecule has 0 fully saturated rings. The van der Waals surface area contributed by atoms with Gasteiger partial charge in [-0.2, -0.15) is 9.37 Å². The van der Waals surface area contributed by atoms with Crippen LogP contribution in [0, 0.1) is 12.9 Å². The van der Waals surface area contributed by atoms with E-state index in [4.69, 9.17) is 0 Å². The molecule has 2 aromatic heterocycles. The van der Waals surface area contributed by atoms with Gasteiger partial charge in [0.1, 0.15) is 0 Å². The zero-order chi connectivity index (χ0) is 13.9. The number of halogens is 1. The highest BCUT2D eigenvalue weighted by Gasteiger charge is 2.10. The van der Waals surface area contributed by atoms with Crippen molar-refractivity contribution in [2.75, 3.05) is 0 Å². The molecule has 0 amide bonds. The lowest BCUT2D eigenvalue weighted by Gasteiger charge is -2.04. The fourth-order valence-electron chi connectivity index (χ4n) is 1.80. The van der Waals surface area contributed by atoms with Gasteiger partial charge in [0.05, 0.1) is 5.69 Å². The maximum absolute atomic E-state index is 13.7. The van der Waals surface area contributed by atoms with Crippen molar-refractivity contribution in [1.82, 2.24) is 19.9 Å². The van der Waals surface area contributed by atoms with Crippen LogP contribution >= 0.6 is 0 Å². The first-order chi connectivity index (χ1) is 9.72. The third-order valence-electron chi connectivity index (χ3n) is 2.81. The van der Waals surface area contributed by atoms with Gasteiger partial charge in [-0.3, -0.25) is 0 Å². The van der Waals surface area contributed by atoms with Crippen LogP contribution in [0.1, 0.15) is 5.56 Å². The van der Waals surface area contributed by atoms with E-state index in [1.54, 1.807) is 18.5 Å². The molecule has 0 aliphatic heterocycles. The van der Waals surface area contributed by atoms with E-state index in [9.17, 15) is 4.39 Å². The summed E-state index contributed by atoms with van der Waals surface area (Å²) in [7, 11) is 0. The lowest BCUT2D eigenvalue weighted by molar-refractivity contribution is 0.581. The van der Waals surface area contributed by atoms with Crippen LogP contribution < -0.4 is 0 Å². The molecule has 0 atom stereocenters. The molecule has 98 valence electrons. The van der Waals surface area contributed by atoms with Gasteiger partial charge in [-0.25, -0.2) is 15.0 Å². The summed E-state index contributed by atoms with van der Waals surface area (Å²) < 4.78 is 13.7. The molecule has 0 aliphatic rings. The predicted octanol–water partition coefficient (Wildman–Crippen LogP) is 3.05. The molecule has 2 heterocycles. The summed E-state index contributed by atoms with van der Waals surface area (Å²) in [5.41, 5.74) is 2.48. The Labute approximate surface area is 115 Å². The first-order valence-corrected chi connectivity index (χ1v) is 6.11. The van der Waals surface area contributed by atoms with Gasteiger partial charge in [0.2, 0.25) is 11.8 Å². The van der Waals surface area contributed by atoms with Crippen LogP contribution in [0.15, 0.2) is 48.8 Å². The zero-order valence-corrected chi connectivity index (χ0v) is 10.8. The SMILES string of the molecule is Cc1ccc(-c2cc(F)nc(-c3ncccn3)n2)cc1. The van der Waals surface area contributed by atoms with Gasteiger partial charge in [0.25, 0.3) is 0 Å². The Bertz CT molecular complexity index is 727. The summed E-state index contributed by atoms with van der Waals surface area (Å²) in [5, 5.41) is 0. The standard InChI is InChI=1S/C15H11FN4/c1-10-3-5-11(6-4-10)12-9-13(16)20-15(19-12)14-17-7-2-8-18-14/h2-9H,1H3. The van der Waals surface area contributed by atoms with Gasteiger partial charge in [-0.05, 0) is 13.0 Å². The Morgan fingerprint density at radius 1 is 0.900 bits per heavy atom. The van der Waals surface area contributed by atoms with E-state index < -0.39 is 5.95 Å². The molecule has 0 unspecified atom stereocenters. The van der Waals surface area contributed by atoms with E-state index >= 15 is 0 Å². The van der Waals surface area contributed by atoms with Crippen LogP contribution in [-0.4, -0.2) is 19.9 Å². The number of benzene rings is 1. The molecule has 0 radical (unpaired) electrons. The van der Waals surface area contributed by atoms with Gasteiger partial charge >= 0.3 is 0 Å². The monoisotopic (exact) mass is 266 g/mol. The van der Waals surface area contributed by atoms with Crippen LogP contribution in [0.25, 0.3) is 22.9 Å². The highest BCUT2D eigenvalue weighted by atomic mass is 19.1. The minimum absolute atomic E-state index is 0.182. The van der Waals surface area contributed by atoms with Crippen molar-refractivity contribution in [1.29, 1.82) is 0 Å². The van der Waals surface area contributed by atoms with E-state index in [1.807, 2.05) is 31.2 Å². The molecule has 20 heavy (non-hydrogen) atoms. The molecule has 0 saturated carbocycles. The third-order valence-corrected chi connectivity index (χ3v) is 2.81. The summed E-state index contributed by atoms with van der Waals surface area (Å²) >= 11 is 0. The summed E-state index contributed by atoms with van der Waals surface area (Å²) in [5.74, 6) is -0.112. The lowest BCUT2D eigenvalue weighted by Crippen LogP contribution is -1.98. The number of rotatable bonds is 2. The van der Waals surface area contributed by atoms with Crippen LogP contribution in [0.3, 0.4) is 0 Å². The normalized spacial score (nSPS) is 10.5. The number of nitrogens with zero attached hydrogens (tertiary/aromatic N) is 4. The molecule has 0 spiro atoms. The molecular formula is C15H11FN4. The minimum atomic E-state index is -0.599. The number of aryl methyl sites for hydroxylation is 1. The minimum Gasteiger partial charge on any atom is -0.234 e. The maximum Gasteiger partial charge on any atom is 0.217 e. The molecule has 1 aromatic carbocycles. The Hall–Kier alpha value is -2.69. The number of aromatic nitrogens is 4. The Balaban J connectivity index is 2.09. The third kappa shape index (κ3) is 2.51. The molecule has 4 nitrogen and oxygen atoms in total. The van der Waals surface area contributed by atoms with E-state index in [1.165, 1.54) is 6.07 Å². The highest BCUT2D eigenvalue weighted by Crippen LogP contribution is 2.20. The van der Waals surface area contributed by atoms with Crippen molar-refractivity contribution < 1.29 is 4.39 Å². The smallest absolute Gasteiger partial charge is 0.217 e. The van der Waals surface area contributed by atoms with E-state index in [0.717, 1.165) is 11.1 Å². The molecule has 0 aliphatic carbocycles. The van der Waals surface area contributed by atoms with E-state index in [-0.39, 0.29) is 5.82 Å². The summed E-state index contributed by atoms with van der Waals surface area (Å²) in [6.45, 7) is 1.99. The molecular weight excluding hydrogens is 255 g/mol.